The van der Waals surface area contributed by atoms with Crippen LogP contribution < -0.4 is 5.63 Å². The van der Waals surface area contributed by atoms with Crippen LogP contribution in [0.25, 0.3) is 6.08 Å². The first-order valence-electron chi connectivity index (χ1n) is 5.14. The van der Waals surface area contributed by atoms with E-state index in [0.29, 0.717) is 5.56 Å². The van der Waals surface area contributed by atoms with Gasteiger partial charge in [-0.2, -0.15) is 0 Å². The molecule has 0 atom stereocenters. The van der Waals surface area contributed by atoms with E-state index in [-0.39, 0.29) is 5.63 Å². The first-order valence-corrected chi connectivity index (χ1v) is 5.14. The van der Waals surface area contributed by atoms with Crippen LogP contribution in [0.2, 0.25) is 0 Å². The van der Waals surface area contributed by atoms with Crippen molar-refractivity contribution in [3.05, 3.63) is 76.4 Å². The van der Waals surface area contributed by atoms with Gasteiger partial charge in [0.25, 0.3) is 0 Å². The molecule has 0 amide bonds. The van der Waals surface area contributed by atoms with Crippen LogP contribution in [0.15, 0.2) is 64.0 Å². The summed E-state index contributed by atoms with van der Waals surface area (Å²) in [7, 11) is 0. The van der Waals surface area contributed by atoms with E-state index in [1.165, 1.54) is 11.8 Å². The van der Waals surface area contributed by atoms with Crippen LogP contribution in [0.3, 0.4) is 0 Å². The SMILES string of the molecule is O=c1occcc1/C=C/Cc1ccccc1. The van der Waals surface area contributed by atoms with Gasteiger partial charge in [0.2, 0.25) is 0 Å². The smallest absolute Gasteiger partial charge is 0.342 e. The molecule has 0 N–H and O–H groups in total. The zero-order valence-electron chi connectivity index (χ0n) is 8.80. The predicted octanol–water partition coefficient (Wildman–Crippen LogP) is 2.90. The molecule has 0 bridgehead atoms. The zero-order valence-corrected chi connectivity index (χ0v) is 8.80. The molecule has 2 aromatic rings. The molecule has 0 unspecified atom stereocenters. The Hall–Kier alpha value is -2.09. The van der Waals surface area contributed by atoms with Gasteiger partial charge < -0.3 is 4.42 Å². The molecular weight excluding hydrogens is 200 g/mol. The van der Waals surface area contributed by atoms with Gasteiger partial charge in [0.1, 0.15) is 0 Å². The molecule has 16 heavy (non-hydrogen) atoms. The standard InChI is InChI=1S/C14H12O2/c15-14-13(10-5-11-16-14)9-4-8-12-6-2-1-3-7-12/h1-7,9-11H,8H2/b9-4+. The fraction of sp³-hybridized carbons (Fsp3) is 0.0714. The van der Waals surface area contributed by atoms with Gasteiger partial charge in [0, 0.05) is 0 Å². The van der Waals surface area contributed by atoms with Gasteiger partial charge in [-0.1, -0.05) is 42.5 Å². The third kappa shape index (κ3) is 2.70. The largest absolute Gasteiger partial charge is 0.431 e. The van der Waals surface area contributed by atoms with Crippen molar-refractivity contribution in [2.75, 3.05) is 0 Å². The summed E-state index contributed by atoms with van der Waals surface area (Å²) in [4.78, 5) is 11.2. The van der Waals surface area contributed by atoms with Crippen molar-refractivity contribution in [2.24, 2.45) is 0 Å². The van der Waals surface area contributed by atoms with E-state index in [1.54, 1.807) is 18.2 Å². The second-order valence-electron chi connectivity index (χ2n) is 3.45. The van der Waals surface area contributed by atoms with Gasteiger partial charge in [0.15, 0.2) is 0 Å². The van der Waals surface area contributed by atoms with Crippen molar-refractivity contribution >= 4 is 6.08 Å². The Morgan fingerprint density at radius 1 is 1.06 bits per heavy atom. The minimum atomic E-state index is -0.299. The van der Waals surface area contributed by atoms with E-state index in [9.17, 15) is 4.79 Å². The average molecular weight is 212 g/mol. The Morgan fingerprint density at radius 3 is 2.62 bits per heavy atom. The van der Waals surface area contributed by atoms with Gasteiger partial charge >= 0.3 is 5.63 Å². The van der Waals surface area contributed by atoms with Crippen LogP contribution in [0, 0.1) is 0 Å². The molecule has 0 saturated heterocycles. The van der Waals surface area contributed by atoms with Crippen molar-refractivity contribution in [1.82, 2.24) is 0 Å². The molecule has 0 saturated carbocycles. The second kappa shape index (κ2) is 5.12. The number of benzene rings is 1. The van der Waals surface area contributed by atoms with Gasteiger partial charge in [-0.25, -0.2) is 4.79 Å². The molecular formula is C14H12O2. The summed E-state index contributed by atoms with van der Waals surface area (Å²) in [5.74, 6) is 0. The Bertz CT molecular complexity index is 524. The molecule has 2 rings (SSSR count). The second-order valence-corrected chi connectivity index (χ2v) is 3.45. The van der Waals surface area contributed by atoms with Gasteiger partial charge in [-0.15, -0.1) is 0 Å². The quantitative estimate of drug-likeness (QED) is 0.783. The van der Waals surface area contributed by atoms with Crippen molar-refractivity contribution in [1.29, 1.82) is 0 Å². The lowest BCUT2D eigenvalue weighted by atomic mass is 10.1. The summed E-state index contributed by atoms with van der Waals surface area (Å²) in [5.41, 5.74) is 1.50. The first-order chi connectivity index (χ1) is 7.86. The van der Waals surface area contributed by atoms with Crippen LogP contribution in [0.1, 0.15) is 11.1 Å². The van der Waals surface area contributed by atoms with E-state index < -0.39 is 0 Å². The van der Waals surface area contributed by atoms with E-state index in [4.69, 9.17) is 4.42 Å². The zero-order chi connectivity index (χ0) is 11.2. The number of rotatable bonds is 3. The molecule has 1 heterocycles. The minimum absolute atomic E-state index is 0.299. The molecule has 0 aliphatic heterocycles. The summed E-state index contributed by atoms with van der Waals surface area (Å²) >= 11 is 0. The molecule has 0 aliphatic rings. The predicted molar refractivity (Wildman–Crippen MR) is 64.2 cm³/mol. The van der Waals surface area contributed by atoms with Crippen molar-refractivity contribution in [3.8, 4) is 0 Å². The maximum atomic E-state index is 11.2. The third-order valence-electron chi connectivity index (χ3n) is 2.26. The van der Waals surface area contributed by atoms with Crippen LogP contribution in [0.4, 0.5) is 0 Å². The normalized spacial score (nSPS) is 10.8. The molecule has 0 radical (unpaired) electrons. The maximum Gasteiger partial charge on any atom is 0.342 e. The molecule has 0 fully saturated rings. The number of hydrogen-bond acceptors (Lipinski definition) is 2. The number of hydrogen-bond donors (Lipinski definition) is 0. The molecule has 2 heteroatoms. The van der Waals surface area contributed by atoms with Crippen LogP contribution >= 0.6 is 0 Å². The molecule has 1 aromatic carbocycles. The summed E-state index contributed by atoms with van der Waals surface area (Å²) in [6.45, 7) is 0. The summed E-state index contributed by atoms with van der Waals surface area (Å²) in [6, 6.07) is 13.5. The van der Waals surface area contributed by atoms with Crippen LogP contribution in [0.5, 0.6) is 0 Å². The van der Waals surface area contributed by atoms with Crippen molar-refractivity contribution in [2.45, 2.75) is 6.42 Å². The van der Waals surface area contributed by atoms with Gasteiger partial charge in [-0.05, 0) is 24.1 Å². The Morgan fingerprint density at radius 2 is 1.88 bits per heavy atom. The Kier molecular flexibility index (Phi) is 3.34. The van der Waals surface area contributed by atoms with Gasteiger partial charge in [0.05, 0.1) is 11.8 Å². The minimum Gasteiger partial charge on any atom is -0.431 e. The van der Waals surface area contributed by atoms with Crippen molar-refractivity contribution in [3.63, 3.8) is 0 Å². The topological polar surface area (TPSA) is 30.2 Å². The lowest BCUT2D eigenvalue weighted by molar-refractivity contribution is 0.509. The Labute approximate surface area is 93.9 Å². The highest BCUT2D eigenvalue weighted by Gasteiger charge is 1.93. The monoisotopic (exact) mass is 212 g/mol. The lowest BCUT2D eigenvalue weighted by Crippen LogP contribution is -2.00. The molecule has 2 nitrogen and oxygen atoms in total. The van der Waals surface area contributed by atoms with E-state index in [2.05, 4.69) is 12.1 Å². The van der Waals surface area contributed by atoms with E-state index in [1.807, 2.05) is 24.3 Å². The maximum absolute atomic E-state index is 11.2. The highest BCUT2D eigenvalue weighted by Crippen LogP contribution is 2.02. The first kappa shape index (κ1) is 10.4. The third-order valence-corrected chi connectivity index (χ3v) is 2.26. The number of allylic oxidation sites excluding steroid dienone is 1. The lowest BCUT2D eigenvalue weighted by Gasteiger charge is -1.94. The fourth-order valence-corrected chi connectivity index (χ4v) is 1.44. The highest BCUT2D eigenvalue weighted by molar-refractivity contribution is 5.47. The van der Waals surface area contributed by atoms with E-state index >= 15 is 0 Å². The van der Waals surface area contributed by atoms with Crippen LogP contribution in [-0.2, 0) is 6.42 Å². The fourth-order valence-electron chi connectivity index (χ4n) is 1.44. The van der Waals surface area contributed by atoms with Crippen LogP contribution in [-0.4, -0.2) is 0 Å². The summed E-state index contributed by atoms with van der Waals surface area (Å²) in [5, 5.41) is 0. The van der Waals surface area contributed by atoms with Gasteiger partial charge in [-0.3, -0.25) is 0 Å². The molecule has 0 spiro atoms. The average Bonchev–Trinajstić information content (AvgIpc) is 2.33. The molecule has 1 aromatic heterocycles. The van der Waals surface area contributed by atoms with E-state index in [0.717, 1.165) is 6.42 Å². The van der Waals surface area contributed by atoms with Crippen molar-refractivity contribution < 1.29 is 4.42 Å². The summed E-state index contributed by atoms with van der Waals surface area (Å²) in [6.07, 6.45) is 5.95. The molecule has 0 aliphatic carbocycles. The molecule has 80 valence electrons. The highest BCUT2D eigenvalue weighted by atomic mass is 16.4. The Balaban J connectivity index is 2.06. The summed E-state index contributed by atoms with van der Waals surface area (Å²) < 4.78 is 4.75.